The van der Waals surface area contributed by atoms with Gasteiger partial charge in [-0.3, -0.25) is 0 Å². The minimum Gasteiger partial charge on any atom is -0.394 e. The normalized spacial score (nSPS) is 42.3. The lowest BCUT2D eigenvalue weighted by Gasteiger charge is -2.38. The third-order valence-corrected chi connectivity index (χ3v) is 6.11. The third kappa shape index (κ3) is 3.20. The second-order valence-electron chi connectivity index (χ2n) is 7.83. The van der Waals surface area contributed by atoms with Gasteiger partial charge in [0, 0.05) is 23.7 Å². The number of nitrogens with zero attached hydrogens (tertiary/aromatic N) is 1. The molecular formula is C17H32N2O. The first-order chi connectivity index (χ1) is 9.62. The van der Waals surface area contributed by atoms with Gasteiger partial charge in [0.05, 0.1) is 6.61 Å². The van der Waals surface area contributed by atoms with Crippen molar-refractivity contribution in [3.8, 4) is 0 Å². The third-order valence-electron chi connectivity index (χ3n) is 6.11. The van der Waals surface area contributed by atoms with E-state index in [-0.39, 0.29) is 5.54 Å². The molecule has 3 saturated carbocycles. The van der Waals surface area contributed by atoms with Gasteiger partial charge in [-0.25, -0.2) is 0 Å². The summed E-state index contributed by atoms with van der Waals surface area (Å²) < 4.78 is 0. The Labute approximate surface area is 124 Å². The van der Waals surface area contributed by atoms with Gasteiger partial charge in [-0.2, -0.15) is 0 Å². The standard InChI is InChI=1S/C17H32N2O/c1-13-3-7-15(8-4-13)19(2)16-9-10-17(11-16,12-20)18-14-5-6-14/h13-16,18,20H,3-12H2,1-2H3. The number of aliphatic hydroxyl groups excluding tert-OH is 1. The minimum absolute atomic E-state index is 0.0298. The molecule has 2 atom stereocenters. The van der Waals surface area contributed by atoms with Crippen LogP contribution in [0, 0.1) is 5.92 Å². The van der Waals surface area contributed by atoms with Crippen LogP contribution in [0.15, 0.2) is 0 Å². The number of rotatable bonds is 5. The van der Waals surface area contributed by atoms with E-state index in [1.807, 2.05) is 0 Å². The summed E-state index contributed by atoms with van der Waals surface area (Å²) in [4.78, 5) is 2.65. The fourth-order valence-electron chi connectivity index (χ4n) is 4.37. The van der Waals surface area contributed by atoms with Crippen LogP contribution in [0.25, 0.3) is 0 Å². The monoisotopic (exact) mass is 280 g/mol. The number of hydrogen-bond donors (Lipinski definition) is 2. The Bertz CT molecular complexity index is 323. The van der Waals surface area contributed by atoms with Crippen molar-refractivity contribution in [3.05, 3.63) is 0 Å². The highest BCUT2D eigenvalue weighted by Gasteiger charge is 2.44. The summed E-state index contributed by atoms with van der Waals surface area (Å²) in [7, 11) is 2.33. The zero-order valence-electron chi connectivity index (χ0n) is 13.3. The van der Waals surface area contributed by atoms with Crippen LogP contribution in [0.5, 0.6) is 0 Å². The van der Waals surface area contributed by atoms with Gasteiger partial charge in [0.15, 0.2) is 0 Å². The second-order valence-corrected chi connectivity index (χ2v) is 7.83. The summed E-state index contributed by atoms with van der Waals surface area (Å²) in [5.74, 6) is 0.927. The maximum absolute atomic E-state index is 9.86. The van der Waals surface area contributed by atoms with E-state index in [1.165, 1.54) is 44.9 Å². The predicted octanol–water partition coefficient (Wildman–Crippen LogP) is 2.53. The lowest BCUT2D eigenvalue weighted by atomic mass is 9.86. The summed E-state index contributed by atoms with van der Waals surface area (Å²) in [6.07, 6.45) is 11.7. The van der Waals surface area contributed by atoms with Gasteiger partial charge in [0.25, 0.3) is 0 Å². The summed E-state index contributed by atoms with van der Waals surface area (Å²) in [6, 6.07) is 2.15. The molecule has 116 valence electrons. The first kappa shape index (κ1) is 14.8. The quantitative estimate of drug-likeness (QED) is 0.812. The number of hydrogen-bond acceptors (Lipinski definition) is 3. The van der Waals surface area contributed by atoms with Crippen LogP contribution in [0.3, 0.4) is 0 Å². The van der Waals surface area contributed by atoms with Crippen LogP contribution < -0.4 is 5.32 Å². The SMILES string of the molecule is CC1CCC(N(C)C2CCC(CO)(NC3CC3)C2)CC1. The fraction of sp³-hybridized carbons (Fsp3) is 1.00. The molecule has 0 bridgehead atoms. The summed E-state index contributed by atoms with van der Waals surface area (Å²) in [5.41, 5.74) is 0.0298. The highest BCUT2D eigenvalue weighted by molar-refractivity contribution is 5.03. The molecule has 3 fully saturated rings. The molecule has 3 rings (SSSR count). The van der Waals surface area contributed by atoms with Crippen molar-refractivity contribution in [2.24, 2.45) is 5.92 Å². The van der Waals surface area contributed by atoms with Crippen molar-refractivity contribution in [2.45, 2.75) is 88.4 Å². The molecule has 2 N–H and O–H groups in total. The molecule has 2 unspecified atom stereocenters. The highest BCUT2D eigenvalue weighted by Crippen LogP contribution is 2.38. The molecule has 0 spiro atoms. The van der Waals surface area contributed by atoms with Gasteiger partial charge >= 0.3 is 0 Å². The van der Waals surface area contributed by atoms with Gasteiger partial charge in [-0.1, -0.05) is 6.92 Å². The van der Waals surface area contributed by atoms with Gasteiger partial charge < -0.3 is 15.3 Å². The molecule has 20 heavy (non-hydrogen) atoms. The van der Waals surface area contributed by atoms with Crippen molar-refractivity contribution < 1.29 is 5.11 Å². The molecule has 0 heterocycles. The van der Waals surface area contributed by atoms with E-state index in [1.54, 1.807) is 0 Å². The Morgan fingerprint density at radius 2 is 1.75 bits per heavy atom. The second kappa shape index (κ2) is 5.94. The Morgan fingerprint density at radius 1 is 1.05 bits per heavy atom. The predicted molar refractivity (Wildman–Crippen MR) is 82.8 cm³/mol. The Hall–Kier alpha value is -0.120. The van der Waals surface area contributed by atoms with E-state index in [2.05, 4.69) is 24.2 Å². The fourth-order valence-corrected chi connectivity index (χ4v) is 4.37. The van der Waals surface area contributed by atoms with Gasteiger partial charge in [0.2, 0.25) is 0 Å². The summed E-state index contributed by atoms with van der Waals surface area (Å²) >= 11 is 0. The van der Waals surface area contributed by atoms with Gasteiger partial charge in [-0.05, 0) is 70.8 Å². The molecule has 3 nitrogen and oxygen atoms in total. The average Bonchev–Trinajstić information content (AvgIpc) is 3.16. The smallest absolute Gasteiger partial charge is 0.0614 e. The first-order valence-corrected chi connectivity index (χ1v) is 8.72. The molecule has 0 radical (unpaired) electrons. The lowest BCUT2D eigenvalue weighted by Crippen LogP contribution is -2.49. The van der Waals surface area contributed by atoms with E-state index >= 15 is 0 Å². The largest absolute Gasteiger partial charge is 0.394 e. The van der Waals surface area contributed by atoms with Crippen LogP contribution in [0.4, 0.5) is 0 Å². The summed E-state index contributed by atoms with van der Waals surface area (Å²) in [5, 5.41) is 13.6. The number of aliphatic hydroxyl groups is 1. The molecule has 3 heteroatoms. The van der Waals surface area contributed by atoms with Crippen LogP contribution >= 0.6 is 0 Å². The van der Waals surface area contributed by atoms with Crippen LogP contribution in [-0.4, -0.2) is 47.3 Å². The zero-order valence-corrected chi connectivity index (χ0v) is 13.3. The molecule has 0 aromatic heterocycles. The Morgan fingerprint density at radius 3 is 2.35 bits per heavy atom. The zero-order chi connectivity index (χ0) is 14.2. The van der Waals surface area contributed by atoms with E-state index in [0.29, 0.717) is 18.7 Å². The van der Waals surface area contributed by atoms with Crippen molar-refractivity contribution in [3.63, 3.8) is 0 Å². The van der Waals surface area contributed by atoms with Crippen LogP contribution in [0.1, 0.15) is 64.7 Å². The first-order valence-electron chi connectivity index (χ1n) is 8.72. The maximum atomic E-state index is 9.86. The average molecular weight is 280 g/mol. The Balaban J connectivity index is 1.55. The van der Waals surface area contributed by atoms with Crippen molar-refractivity contribution in [2.75, 3.05) is 13.7 Å². The molecule has 3 aliphatic rings. The van der Waals surface area contributed by atoms with Gasteiger partial charge in [-0.15, -0.1) is 0 Å². The molecule has 0 aliphatic heterocycles. The van der Waals surface area contributed by atoms with Crippen molar-refractivity contribution >= 4 is 0 Å². The topological polar surface area (TPSA) is 35.5 Å². The van der Waals surface area contributed by atoms with E-state index in [0.717, 1.165) is 24.8 Å². The summed E-state index contributed by atoms with van der Waals surface area (Å²) in [6.45, 7) is 2.71. The molecular weight excluding hydrogens is 248 g/mol. The van der Waals surface area contributed by atoms with E-state index in [9.17, 15) is 5.11 Å². The van der Waals surface area contributed by atoms with Crippen molar-refractivity contribution in [1.29, 1.82) is 0 Å². The molecule has 0 aromatic rings. The molecule has 0 saturated heterocycles. The maximum Gasteiger partial charge on any atom is 0.0614 e. The lowest BCUT2D eigenvalue weighted by molar-refractivity contribution is 0.108. The van der Waals surface area contributed by atoms with E-state index < -0.39 is 0 Å². The minimum atomic E-state index is 0.0298. The van der Waals surface area contributed by atoms with Crippen LogP contribution in [0.2, 0.25) is 0 Å². The molecule has 3 aliphatic carbocycles. The number of nitrogens with one attached hydrogen (secondary N) is 1. The Kier molecular flexibility index (Phi) is 4.40. The molecule has 0 aromatic carbocycles. The van der Waals surface area contributed by atoms with E-state index in [4.69, 9.17) is 0 Å². The van der Waals surface area contributed by atoms with Gasteiger partial charge in [0.1, 0.15) is 0 Å². The van der Waals surface area contributed by atoms with Crippen LogP contribution in [-0.2, 0) is 0 Å². The molecule has 0 amide bonds. The van der Waals surface area contributed by atoms with Crippen molar-refractivity contribution in [1.82, 2.24) is 10.2 Å². The highest BCUT2D eigenvalue weighted by atomic mass is 16.3.